The smallest absolute Gasteiger partial charge is 0.261 e. The van der Waals surface area contributed by atoms with Gasteiger partial charge in [-0.25, -0.2) is 0 Å². The second kappa shape index (κ2) is 6.72. The van der Waals surface area contributed by atoms with E-state index in [-0.39, 0.29) is 23.8 Å². The van der Waals surface area contributed by atoms with Gasteiger partial charge < -0.3 is 10.2 Å². The molecule has 0 bridgehead atoms. The van der Waals surface area contributed by atoms with E-state index in [1.165, 1.54) is 11.3 Å². The van der Waals surface area contributed by atoms with E-state index in [0.29, 0.717) is 0 Å². The molecule has 20 heavy (non-hydrogen) atoms. The number of hydrogen-bond donors (Lipinski definition) is 1. The minimum Gasteiger partial charge on any atom is -0.348 e. The summed E-state index contributed by atoms with van der Waals surface area (Å²) in [6.45, 7) is 5.31. The van der Waals surface area contributed by atoms with Gasteiger partial charge in [-0.1, -0.05) is 13.8 Å². The van der Waals surface area contributed by atoms with Crippen molar-refractivity contribution in [2.24, 2.45) is 5.92 Å². The molecule has 0 saturated carbocycles. The first-order chi connectivity index (χ1) is 9.47. The first-order valence-corrected chi connectivity index (χ1v) is 8.43. The third-order valence-electron chi connectivity index (χ3n) is 3.43. The quantitative estimate of drug-likeness (QED) is 0.902. The van der Waals surface area contributed by atoms with Crippen LogP contribution in [0.2, 0.25) is 0 Å². The van der Waals surface area contributed by atoms with Gasteiger partial charge in [-0.3, -0.25) is 9.59 Å². The molecule has 1 aliphatic rings. The Labute approximate surface area is 131 Å². The first-order valence-electron chi connectivity index (χ1n) is 6.82. The van der Waals surface area contributed by atoms with E-state index in [1.54, 1.807) is 0 Å². The zero-order valence-electron chi connectivity index (χ0n) is 11.7. The molecule has 6 heteroatoms. The van der Waals surface area contributed by atoms with Crippen molar-refractivity contribution in [3.8, 4) is 0 Å². The Bertz CT molecular complexity index is 493. The highest BCUT2D eigenvalue weighted by Gasteiger charge is 2.25. The molecule has 2 heterocycles. The van der Waals surface area contributed by atoms with E-state index in [0.717, 1.165) is 34.6 Å². The number of hydrogen-bond acceptors (Lipinski definition) is 3. The molecule has 0 unspecified atom stereocenters. The molecule has 1 N–H and O–H groups in total. The zero-order valence-corrected chi connectivity index (χ0v) is 14.1. The summed E-state index contributed by atoms with van der Waals surface area (Å²) in [4.78, 5) is 26.6. The number of piperidine rings is 1. The molecule has 0 atom stereocenters. The number of halogens is 1. The SMILES string of the molecule is CC(C)C(=O)N1CCC(NC(=O)c2ccc(Br)s2)CC1. The van der Waals surface area contributed by atoms with Gasteiger partial charge >= 0.3 is 0 Å². The molecule has 1 fully saturated rings. The van der Waals surface area contributed by atoms with Crippen LogP contribution in [-0.4, -0.2) is 35.8 Å². The lowest BCUT2D eigenvalue weighted by atomic mass is 10.0. The molecule has 4 nitrogen and oxygen atoms in total. The van der Waals surface area contributed by atoms with E-state index < -0.39 is 0 Å². The Kier molecular flexibility index (Phi) is 5.21. The Morgan fingerprint density at radius 3 is 2.50 bits per heavy atom. The van der Waals surface area contributed by atoms with Gasteiger partial charge in [0, 0.05) is 25.0 Å². The summed E-state index contributed by atoms with van der Waals surface area (Å²) in [6, 6.07) is 3.87. The molecule has 1 aliphatic heterocycles. The maximum absolute atomic E-state index is 12.0. The Hall–Kier alpha value is -0.880. The van der Waals surface area contributed by atoms with Crippen LogP contribution in [0.5, 0.6) is 0 Å². The van der Waals surface area contributed by atoms with E-state index in [9.17, 15) is 9.59 Å². The minimum atomic E-state index is -0.0191. The maximum atomic E-state index is 12.0. The number of nitrogens with one attached hydrogen (secondary N) is 1. The number of carbonyl (C=O) groups is 2. The standard InChI is InChI=1S/C14H19BrN2O2S/c1-9(2)14(19)17-7-5-10(6-8-17)16-13(18)11-3-4-12(15)20-11/h3-4,9-10H,5-8H2,1-2H3,(H,16,18). The number of nitrogens with zero attached hydrogens (tertiary/aromatic N) is 1. The Morgan fingerprint density at radius 2 is 2.00 bits per heavy atom. The molecule has 0 spiro atoms. The van der Waals surface area contributed by atoms with Crippen LogP contribution < -0.4 is 5.32 Å². The fourth-order valence-corrected chi connectivity index (χ4v) is 3.59. The first kappa shape index (κ1) is 15.5. The summed E-state index contributed by atoms with van der Waals surface area (Å²) in [6.07, 6.45) is 1.66. The zero-order chi connectivity index (χ0) is 14.7. The second-order valence-electron chi connectivity index (χ2n) is 5.33. The fourth-order valence-electron chi connectivity index (χ4n) is 2.30. The normalized spacial score (nSPS) is 16.5. The van der Waals surface area contributed by atoms with E-state index in [1.807, 2.05) is 30.9 Å². The van der Waals surface area contributed by atoms with Crippen LogP contribution in [0.15, 0.2) is 15.9 Å². The summed E-state index contributed by atoms with van der Waals surface area (Å²) in [5.74, 6) is 0.232. The summed E-state index contributed by atoms with van der Waals surface area (Å²) in [5.41, 5.74) is 0. The fraction of sp³-hybridized carbons (Fsp3) is 0.571. The Morgan fingerprint density at radius 1 is 1.35 bits per heavy atom. The van der Waals surface area contributed by atoms with Crippen molar-refractivity contribution < 1.29 is 9.59 Å². The van der Waals surface area contributed by atoms with Gasteiger partial charge in [0.05, 0.1) is 8.66 Å². The van der Waals surface area contributed by atoms with Gasteiger partial charge in [0.1, 0.15) is 0 Å². The van der Waals surface area contributed by atoms with Crippen molar-refractivity contribution in [1.29, 1.82) is 0 Å². The Balaban J connectivity index is 1.83. The molecular weight excluding hydrogens is 340 g/mol. The highest BCUT2D eigenvalue weighted by molar-refractivity contribution is 9.11. The average molecular weight is 359 g/mol. The molecule has 1 saturated heterocycles. The summed E-state index contributed by atoms with van der Waals surface area (Å²) in [7, 11) is 0. The van der Waals surface area contributed by atoms with Crippen LogP contribution in [0.4, 0.5) is 0 Å². The topological polar surface area (TPSA) is 49.4 Å². The van der Waals surface area contributed by atoms with Crippen LogP contribution in [-0.2, 0) is 4.79 Å². The van der Waals surface area contributed by atoms with Gasteiger partial charge in [-0.2, -0.15) is 0 Å². The van der Waals surface area contributed by atoms with Gasteiger partial charge in [-0.15, -0.1) is 11.3 Å². The highest BCUT2D eigenvalue weighted by Crippen LogP contribution is 2.22. The molecule has 0 aromatic carbocycles. The van der Waals surface area contributed by atoms with Gasteiger partial charge in [0.15, 0.2) is 0 Å². The second-order valence-corrected chi connectivity index (χ2v) is 7.79. The van der Waals surface area contributed by atoms with Crippen molar-refractivity contribution in [3.63, 3.8) is 0 Å². The monoisotopic (exact) mass is 358 g/mol. The lowest BCUT2D eigenvalue weighted by molar-refractivity contribution is -0.135. The van der Waals surface area contributed by atoms with E-state index >= 15 is 0 Å². The van der Waals surface area contributed by atoms with Crippen LogP contribution >= 0.6 is 27.3 Å². The third-order valence-corrected chi connectivity index (χ3v) is 5.06. The number of amides is 2. The van der Waals surface area contributed by atoms with Crippen molar-refractivity contribution in [2.75, 3.05) is 13.1 Å². The van der Waals surface area contributed by atoms with Crippen molar-refractivity contribution in [2.45, 2.75) is 32.7 Å². The molecule has 1 aromatic rings. The summed E-state index contributed by atoms with van der Waals surface area (Å²) >= 11 is 4.79. The molecule has 1 aromatic heterocycles. The van der Waals surface area contributed by atoms with Crippen molar-refractivity contribution in [3.05, 3.63) is 20.8 Å². The van der Waals surface area contributed by atoms with Gasteiger partial charge in [0.25, 0.3) is 5.91 Å². The summed E-state index contributed by atoms with van der Waals surface area (Å²) in [5, 5.41) is 3.05. The maximum Gasteiger partial charge on any atom is 0.261 e. The largest absolute Gasteiger partial charge is 0.348 e. The molecule has 2 amide bonds. The van der Waals surface area contributed by atoms with Crippen LogP contribution in [0.1, 0.15) is 36.4 Å². The minimum absolute atomic E-state index is 0.0191. The molecule has 0 aliphatic carbocycles. The average Bonchev–Trinajstić information content (AvgIpc) is 2.85. The molecule has 2 rings (SSSR count). The van der Waals surface area contributed by atoms with E-state index in [4.69, 9.17) is 0 Å². The van der Waals surface area contributed by atoms with E-state index in [2.05, 4.69) is 21.2 Å². The predicted molar refractivity (Wildman–Crippen MR) is 83.9 cm³/mol. The molecule has 0 radical (unpaired) electrons. The van der Waals surface area contributed by atoms with Crippen molar-refractivity contribution >= 4 is 39.1 Å². The molecular formula is C14H19BrN2O2S. The number of rotatable bonds is 3. The van der Waals surface area contributed by atoms with Crippen LogP contribution in [0.3, 0.4) is 0 Å². The third kappa shape index (κ3) is 3.82. The summed E-state index contributed by atoms with van der Waals surface area (Å²) < 4.78 is 0.958. The number of likely N-dealkylation sites (tertiary alicyclic amines) is 1. The van der Waals surface area contributed by atoms with Crippen LogP contribution in [0.25, 0.3) is 0 Å². The number of thiophene rings is 1. The van der Waals surface area contributed by atoms with Crippen LogP contribution in [0, 0.1) is 5.92 Å². The van der Waals surface area contributed by atoms with Gasteiger partial charge in [0.2, 0.25) is 5.91 Å². The molecule has 110 valence electrons. The van der Waals surface area contributed by atoms with Gasteiger partial charge in [-0.05, 0) is 40.9 Å². The predicted octanol–water partition coefficient (Wildman–Crippen LogP) is 2.89. The highest BCUT2D eigenvalue weighted by atomic mass is 79.9. The van der Waals surface area contributed by atoms with Crippen molar-refractivity contribution in [1.82, 2.24) is 10.2 Å². The lowest BCUT2D eigenvalue weighted by Crippen LogP contribution is -2.47. The number of carbonyl (C=O) groups excluding carboxylic acids is 2. The lowest BCUT2D eigenvalue weighted by Gasteiger charge is -2.33.